The second-order valence-electron chi connectivity index (χ2n) is 2.06. The summed E-state index contributed by atoms with van der Waals surface area (Å²) in [5, 5.41) is 0. The summed E-state index contributed by atoms with van der Waals surface area (Å²) in [5.41, 5.74) is 0. The summed E-state index contributed by atoms with van der Waals surface area (Å²) < 4.78 is 0. The topological polar surface area (TPSA) is 4.44 Å². The summed E-state index contributed by atoms with van der Waals surface area (Å²) in [6.07, 6.45) is 0. The van der Waals surface area contributed by atoms with Gasteiger partial charge in [-0.3, -0.25) is 0 Å². The molecule has 0 saturated carbocycles. The van der Waals surface area contributed by atoms with E-state index < -0.39 is 0 Å². The summed E-state index contributed by atoms with van der Waals surface area (Å²) >= 11 is 0. The zero-order valence-corrected chi connectivity index (χ0v) is 6.62. The van der Waals surface area contributed by atoms with Crippen molar-refractivity contribution in [3.05, 3.63) is 0 Å². The van der Waals surface area contributed by atoms with Crippen LogP contribution < -0.4 is 4.90 Å². The van der Waals surface area contributed by atoms with Gasteiger partial charge >= 0.3 is 0 Å². The normalized spacial score (nSPS) is 8.89. The molecule has 0 spiro atoms. The number of hydrogen-bond acceptors (Lipinski definition) is 0. The van der Waals surface area contributed by atoms with E-state index in [1.165, 1.54) is 13.1 Å². The molecule has 0 aromatic rings. The van der Waals surface area contributed by atoms with Gasteiger partial charge < -0.3 is 4.90 Å². The average molecular weight is 126 g/mol. The second-order valence-corrected chi connectivity index (χ2v) is 2.06. The van der Waals surface area contributed by atoms with Crippen LogP contribution in [0.4, 0.5) is 0 Å². The number of rotatable bonds is 3. The minimum absolute atomic E-state index is 1.00. The van der Waals surface area contributed by atoms with Gasteiger partial charge in [-0.1, -0.05) is 0 Å². The van der Waals surface area contributed by atoms with E-state index in [4.69, 9.17) is 0 Å². The maximum Gasteiger partial charge on any atom is 0.139 e. The van der Waals surface area contributed by atoms with Crippen LogP contribution in [0.25, 0.3) is 0 Å². The molecule has 0 atom stereocenters. The highest BCUT2D eigenvalue weighted by Gasteiger charge is 1.95. The molecule has 0 amide bonds. The Balaban J connectivity index is 3.39. The van der Waals surface area contributed by atoms with Crippen molar-refractivity contribution in [2.75, 3.05) is 19.6 Å². The van der Waals surface area contributed by atoms with Crippen LogP contribution in [0.1, 0.15) is 20.8 Å². The van der Waals surface area contributed by atoms with E-state index in [2.05, 4.69) is 25.7 Å². The number of hydrogen-bond donors (Lipinski definition) is 1. The van der Waals surface area contributed by atoms with E-state index in [1.54, 1.807) is 4.90 Å². The Bertz CT molecular complexity index is 103. The minimum atomic E-state index is 1.00. The monoisotopic (exact) mass is 126 g/mol. The summed E-state index contributed by atoms with van der Waals surface area (Å²) in [7, 11) is 0. The van der Waals surface area contributed by atoms with Gasteiger partial charge in [0.2, 0.25) is 0 Å². The van der Waals surface area contributed by atoms with Gasteiger partial charge in [-0.25, -0.2) is 0 Å². The van der Waals surface area contributed by atoms with Crippen molar-refractivity contribution in [1.29, 1.82) is 0 Å². The Morgan fingerprint density at radius 2 is 1.78 bits per heavy atom. The highest BCUT2D eigenvalue weighted by Crippen LogP contribution is 1.50. The van der Waals surface area contributed by atoms with Gasteiger partial charge in [0.15, 0.2) is 0 Å². The van der Waals surface area contributed by atoms with Crippen molar-refractivity contribution >= 4 is 0 Å². The first kappa shape index (κ1) is 8.52. The van der Waals surface area contributed by atoms with Gasteiger partial charge in [0.05, 0.1) is 13.1 Å². The fourth-order valence-corrected chi connectivity index (χ4v) is 0.713. The lowest BCUT2D eigenvalue weighted by molar-refractivity contribution is -0.889. The van der Waals surface area contributed by atoms with Crippen LogP contribution in [0, 0.1) is 11.8 Å². The summed E-state index contributed by atoms with van der Waals surface area (Å²) in [4.78, 5) is 1.56. The molecule has 52 valence electrons. The molecule has 0 rings (SSSR count). The Morgan fingerprint density at radius 1 is 1.22 bits per heavy atom. The smallest absolute Gasteiger partial charge is 0.139 e. The Kier molecular flexibility index (Phi) is 5.35. The van der Waals surface area contributed by atoms with Gasteiger partial charge in [0.1, 0.15) is 6.54 Å². The molecule has 0 fully saturated rings. The molecule has 1 nitrogen and oxygen atoms in total. The minimum Gasteiger partial charge on any atom is -0.325 e. The lowest BCUT2D eigenvalue weighted by Gasteiger charge is -2.10. The Labute approximate surface area is 58.1 Å². The van der Waals surface area contributed by atoms with E-state index in [1.807, 2.05) is 6.92 Å². The molecule has 0 aromatic carbocycles. The van der Waals surface area contributed by atoms with Crippen molar-refractivity contribution in [3.63, 3.8) is 0 Å². The maximum absolute atomic E-state index is 3.06. The molecule has 0 aromatic heterocycles. The summed E-state index contributed by atoms with van der Waals surface area (Å²) in [6.45, 7) is 9.65. The lowest BCUT2D eigenvalue weighted by Crippen LogP contribution is -3.11. The van der Waals surface area contributed by atoms with Crippen molar-refractivity contribution in [1.82, 2.24) is 0 Å². The van der Waals surface area contributed by atoms with Crippen LogP contribution >= 0.6 is 0 Å². The Morgan fingerprint density at radius 3 is 2.11 bits per heavy atom. The first-order valence-electron chi connectivity index (χ1n) is 3.58. The molecular weight excluding hydrogens is 110 g/mol. The number of nitrogens with one attached hydrogen (secondary N) is 1. The predicted molar refractivity (Wildman–Crippen MR) is 40.4 cm³/mol. The van der Waals surface area contributed by atoms with Crippen LogP contribution in [0.2, 0.25) is 0 Å². The van der Waals surface area contributed by atoms with Gasteiger partial charge in [0, 0.05) is 0 Å². The molecule has 1 N–H and O–H groups in total. The molecule has 0 saturated heterocycles. The Hall–Kier alpha value is -0.480. The van der Waals surface area contributed by atoms with Crippen LogP contribution in [0.3, 0.4) is 0 Å². The molecule has 0 unspecified atom stereocenters. The molecule has 0 heterocycles. The van der Waals surface area contributed by atoms with Gasteiger partial charge in [-0.15, -0.1) is 5.92 Å². The molecule has 0 aliphatic rings. The zero-order chi connectivity index (χ0) is 7.11. The van der Waals surface area contributed by atoms with Gasteiger partial charge in [-0.2, -0.15) is 0 Å². The highest BCUT2D eigenvalue weighted by atomic mass is 15.1. The lowest BCUT2D eigenvalue weighted by atomic mass is 10.5. The third kappa shape index (κ3) is 4.05. The SMILES string of the molecule is CC#CC[NH+](CC)CC. The number of quaternary nitrogens is 1. The van der Waals surface area contributed by atoms with Crippen molar-refractivity contribution in [2.45, 2.75) is 20.8 Å². The van der Waals surface area contributed by atoms with Crippen LogP contribution in [-0.2, 0) is 0 Å². The second kappa shape index (κ2) is 5.65. The summed E-state index contributed by atoms with van der Waals surface area (Å²) in [6, 6.07) is 0. The average Bonchev–Trinajstić information content (AvgIpc) is 1.91. The van der Waals surface area contributed by atoms with Crippen LogP contribution in [0.5, 0.6) is 0 Å². The van der Waals surface area contributed by atoms with E-state index in [9.17, 15) is 0 Å². The molecular formula is C8H16N+. The van der Waals surface area contributed by atoms with Crippen LogP contribution in [0.15, 0.2) is 0 Å². The standard InChI is InChI=1S/C8H15N/c1-4-7-8-9(5-2)6-3/h5-6,8H2,1-3H3/p+1. The molecule has 1 heteroatoms. The third-order valence-corrected chi connectivity index (χ3v) is 1.52. The van der Waals surface area contributed by atoms with E-state index in [-0.39, 0.29) is 0 Å². The fourth-order valence-electron chi connectivity index (χ4n) is 0.713. The first-order valence-corrected chi connectivity index (χ1v) is 3.58. The van der Waals surface area contributed by atoms with Gasteiger partial charge in [-0.05, 0) is 26.7 Å². The summed E-state index contributed by atoms with van der Waals surface area (Å²) in [5.74, 6) is 5.96. The van der Waals surface area contributed by atoms with Gasteiger partial charge in [0.25, 0.3) is 0 Å². The molecule has 0 aliphatic carbocycles. The quantitative estimate of drug-likeness (QED) is 0.505. The molecule has 9 heavy (non-hydrogen) atoms. The largest absolute Gasteiger partial charge is 0.325 e. The third-order valence-electron chi connectivity index (χ3n) is 1.52. The molecule has 0 bridgehead atoms. The molecule has 0 aliphatic heterocycles. The van der Waals surface area contributed by atoms with Crippen molar-refractivity contribution < 1.29 is 4.90 Å². The fraction of sp³-hybridized carbons (Fsp3) is 0.750. The predicted octanol–water partition coefficient (Wildman–Crippen LogP) is -0.0656. The maximum atomic E-state index is 3.06. The van der Waals surface area contributed by atoms with E-state index in [0.29, 0.717) is 0 Å². The van der Waals surface area contributed by atoms with E-state index >= 15 is 0 Å². The van der Waals surface area contributed by atoms with Crippen LogP contribution in [-0.4, -0.2) is 19.6 Å². The van der Waals surface area contributed by atoms with Crippen molar-refractivity contribution in [3.8, 4) is 11.8 Å². The first-order chi connectivity index (χ1) is 4.35. The highest BCUT2D eigenvalue weighted by molar-refractivity contribution is 4.94. The van der Waals surface area contributed by atoms with Crippen molar-refractivity contribution in [2.24, 2.45) is 0 Å². The zero-order valence-electron chi connectivity index (χ0n) is 6.62. The molecule has 0 radical (unpaired) electrons. The van der Waals surface area contributed by atoms with E-state index in [0.717, 1.165) is 6.54 Å².